The van der Waals surface area contributed by atoms with Gasteiger partial charge < -0.3 is 14.2 Å². The number of carbonyl (C=O) groups is 1. The predicted octanol–water partition coefficient (Wildman–Crippen LogP) is 5.77. The zero-order valence-electron chi connectivity index (χ0n) is 23.1. The van der Waals surface area contributed by atoms with Gasteiger partial charge in [-0.05, 0) is 53.6 Å². The first-order valence-corrected chi connectivity index (χ1v) is 14.1. The predicted molar refractivity (Wildman–Crippen MR) is 164 cm³/mol. The van der Waals surface area contributed by atoms with E-state index in [9.17, 15) is 4.79 Å². The van der Waals surface area contributed by atoms with E-state index in [2.05, 4.69) is 20.7 Å². The molecule has 212 valence electrons. The van der Waals surface area contributed by atoms with Crippen LogP contribution < -0.4 is 19.6 Å². The highest BCUT2D eigenvalue weighted by Gasteiger charge is 2.17. The number of carbonyl (C=O) groups excluding carboxylic acids is 1. The van der Waals surface area contributed by atoms with Gasteiger partial charge in [0.25, 0.3) is 5.91 Å². The first-order chi connectivity index (χ1) is 20.6. The summed E-state index contributed by atoms with van der Waals surface area (Å²) in [4.78, 5) is 12.6. The fourth-order valence-corrected chi connectivity index (χ4v) is 4.81. The fourth-order valence-electron chi connectivity index (χ4n) is 4.06. The van der Waals surface area contributed by atoms with Gasteiger partial charge in [0.05, 0.1) is 26.2 Å². The van der Waals surface area contributed by atoms with E-state index >= 15 is 0 Å². The minimum absolute atomic E-state index is 0.0933. The van der Waals surface area contributed by atoms with E-state index in [1.54, 1.807) is 26.5 Å². The molecule has 10 heteroatoms. The molecule has 5 rings (SSSR count). The third-order valence-corrected chi connectivity index (χ3v) is 7.08. The number of nitrogens with zero attached hydrogens (tertiary/aromatic N) is 4. The fraction of sp³-hybridized carbons (Fsp3) is 0.125. The normalized spacial score (nSPS) is 10.9. The van der Waals surface area contributed by atoms with Crippen molar-refractivity contribution >= 4 is 23.9 Å². The van der Waals surface area contributed by atoms with Crippen LogP contribution in [0.15, 0.2) is 113 Å². The third-order valence-electron chi connectivity index (χ3n) is 6.16. The summed E-state index contributed by atoms with van der Waals surface area (Å²) in [5.74, 6) is 2.42. The Morgan fingerprint density at radius 2 is 1.62 bits per heavy atom. The zero-order chi connectivity index (χ0) is 29.1. The van der Waals surface area contributed by atoms with Gasteiger partial charge in [-0.15, -0.1) is 10.2 Å². The Kier molecular flexibility index (Phi) is 9.48. The zero-order valence-corrected chi connectivity index (χ0v) is 24.0. The Morgan fingerprint density at radius 3 is 2.33 bits per heavy atom. The molecule has 0 unspecified atom stereocenters. The molecular weight excluding hydrogens is 550 g/mol. The molecule has 0 saturated carbocycles. The summed E-state index contributed by atoms with van der Waals surface area (Å²) in [5.41, 5.74) is 6.15. The van der Waals surface area contributed by atoms with Crippen LogP contribution in [0.5, 0.6) is 17.2 Å². The van der Waals surface area contributed by atoms with Crippen LogP contribution in [0.4, 0.5) is 0 Å². The van der Waals surface area contributed by atoms with Crippen LogP contribution in [0.2, 0.25) is 0 Å². The molecule has 0 saturated heterocycles. The first-order valence-electron chi connectivity index (χ1n) is 13.1. The van der Waals surface area contributed by atoms with Crippen LogP contribution in [0.1, 0.15) is 11.1 Å². The first kappa shape index (κ1) is 28.4. The molecule has 0 aliphatic rings. The molecule has 4 aromatic carbocycles. The molecule has 1 heterocycles. The SMILES string of the molecule is COc1ccc(-n2c(SCC(=O)N/N=C/c3ccc(OCc4ccccc4)c(OC)c3)nnc2-c2ccccc2)cc1. The highest BCUT2D eigenvalue weighted by Crippen LogP contribution is 2.30. The van der Waals surface area contributed by atoms with Crippen molar-refractivity contribution in [1.82, 2.24) is 20.2 Å². The Labute approximate surface area is 248 Å². The average Bonchev–Trinajstić information content (AvgIpc) is 3.48. The van der Waals surface area contributed by atoms with Crippen LogP contribution in [0.25, 0.3) is 17.1 Å². The minimum atomic E-state index is -0.281. The number of amides is 1. The number of thioether (sulfide) groups is 1. The number of ether oxygens (including phenoxy) is 3. The van der Waals surface area contributed by atoms with E-state index in [1.807, 2.05) is 102 Å². The second-order valence-electron chi connectivity index (χ2n) is 8.97. The van der Waals surface area contributed by atoms with Gasteiger partial charge in [-0.3, -0.25) is 9.36 Å². The van der Waals surface area contributed by atoms with Gasteiger partial charge in [-0.2, -0.15) is 5.10 Å². The van der Waals surface area contributed by atoms with Gasteiger partial charge in [0.15, 0.2) is 22.5 Å². The van der Waals surface area contributed by atoms with Gasteiger partial charge in [-0.1, -0.05) is 72.4 Å². The maximum absolute atomic E-state index is 12.6. The quantitative estimate of drug-likeness (QED) is 0.114. The molecule has 1 N–H and O–H groups in total. The van der Waals surface area contributed by atoms with Crippen molar-refractivity contribution in [3.05, 3.63) is 114 Å². The largest absolute Gasteiger partial charge is 0.497 e. The van der Waals surface area contributed by atoms with Crippen molar-refractivity contribution in [2.75, 3.05) is 20.0 Å². The lowest BCUT2D eigenvalue weighted by molar-refractivity contribution is -0.118. The lowest BCUT2D eigenvalue weighted by Gasteiger charge is -2.11. The van der Waals surface area contributed by atoms with Crippen LogP contribution in [-0.4, -0.2) is 46.9 Å². The van der Waals surface area contributed by atoms with Crippen molar-refractivity contribution in [1.29, 1.82) is 0 Å². The number of benzene rings is 4. The van der Waals surface area contributed by atoms with Gasteiger partial charge in [-0.25, -0.2) is 5.43 Å². The summed E-state index contributed by atoms with van der Waals surface area (Å²) in [6.07, 6.45) is 1.55. The molecule has 0 atom stereocenters. The number of nitrogens with one attached hydrogen (secondary N) is 1. The van der Waals surface area contributed by atoms with Crippen molar-refractivity contribution < 1.29 is 19.0 Å². The smallest absolute Gasteiger partial charge is 0.250 e. The van der Waals surface area contributed by atoms with Gasteiger partial charge in [0, 0.05) is 11.3 Å². The van der Waals surface area contributed by atoms with E-state index < -0.39 is 0 Å². The molecule has 0 radical (unpaired) electrons. The molecule has 0 bridgehead atoms. The number of hydrogen-bond acceptors (Lipinski definition) is 8. The van der Waals surface area contributed by atoms with Crippen molar-refractivity contribution in [2.24, 2.45) is 5.10 Å². The molecule has 0 aliphatic carbocycles. The van der Waals surface area contributed by atoms with Crippen LogP contribution in [0, 0.1) is 0 Å². The van der Waals surface area contributed by atoms with Crippen molar-refractivity contribution in [3.63, 3.8) is 0 Å². The lowest BCUT2D eigenvalue weighted by Crippen LogP contribution is -2.20. The van der Waals surface area contributed by atoms with E-state index in [-0.39, 0.29) is 11.7 Å². The van der Waals surface area contributed by atoms with E-state index in [1.165, 1.54) is 11.8 Å². The summed E-state index contributed by atoms with van der Waals surface area (Å²) in [7, 11) is 3.21. The summed E-state index contributed by atoms with van der Waals surface area (Å²) < 4.78 is 18.6. The molecule has 42 heavy (non-hydrogen) atoms. The lowest BCUT2D eigenvalue weighted by atomic mass is 10.2. The van der Waals surface area contributed by atoms with E-state index in [0.717, 1.165) is 28.1 Å². The maximum Gasteiger partial charge on any atom is 0.250 e. The molecule has 0 spiro atoms. The molecular formula is C32H29N5O4S. The summed E-state index contributed by atoms with van der Waals surface area (Å²) in [6.45, 7) is 0.428. The second kappa shape index (κ2) is 14.0. The number of rotatable bonds is 12. The number of aromatic nitrogens is 3. The topological polar surface area (TPSA) is 99.9 Å². The van der Waals surface area contributed by atoms with Crippen LogP contribution >= 0.6 is 11.8 Å². The summed E-state index contributed by atoms with van der Waals surface area (Å²) >= 11 is 1.27. The van der Waals surface area contributed by atoms with E-state index in [0.29, 0.717) is 29.1 Å². The van der Waals surface area contributed by atoms with Gasteiger partial charge in [0.1, 0.15) is 12.4 Å². The summed E-state index contributed by atoms with van der Waals surface area (Å²) in [6, 6.07) is 32.7. The Bertz CT molecular complexity index is 1640. The highest BCUT2D eigenvalue weighted by atomic mass is 32.2. The van der Waals surface area contributed by atoms with Crippen LogP contribution in [0.3, 0.4) is 0 Å². The summed E-state index contributed by atoms with van der Waals surface area (Å²) in [5, 5.41) is 13.5. The Balaban J connectivity index is 1.22. The molecule has 0 fully saturated rings. The van der Waals surface area contributed by atoms with Crippen molar-refractivity contribution in [2.45, 2.75) is 11.8 Å². The van der Waals surface area contributed by atoms with Crippen LogP contribution in [-0.2, 0) is 11.4 Å². The molecule has 1 amide bonds. The average molecular weight is 580 g/mol. The van der Waals surface area contributed by atoms with Crippen molar-refractivity contribution in [3.8, 4) is 34.3 Å². The molecule has 1 aromatic heterocycles. The molecule has 5 aromatic rings. The standard InChI is InChI=1S/C32H29N5O4S/c1-39-27-16-14-26(15-17-27)37-31(25-11-7-4-8-12-25)35-36-32(37)42-22-30(38)34-33-20-24-13-18-28(29(19-24)40-2)41-21-23-9-5-3-6-10-23/h3-20H,21-22H2,1-2H3,(H,34,38)/b33-20+. The number of hydrogen-bond donors (Lipinski definition) is 1. The maximum atomic E-state index is 12.6. The minimum Gasteiger partial charge on any atom is -0.497 e. The Hall–Kier alpha value is -5.09. The van der Waals surface area contributed by atoms with E-state index in [4.69, 9.17) is 14.2 Å². The monoisotopic (exact) mass is 579 g/mol. The number of methoxy groups -OCH3 is 2. The van der Waals surface area contributed by atoms with Gasteiger partial charge in [0.2, 0.25) is 0 Å². The molecule has 0 aliphatic heterocycles. The molecule has 9 nitrogen and oxygen atoms in total. The third kappa shape index (κ3) is 7.15. The Morgan fingerprint density at radius 1 is 0.881 bits per heavy atom. The highest BCUT2D eigenvalue weighted by molar-refractivity contribution is 7.99. The second-order valence-corrected chi connectivity index (χ2v) is 9.91. The number of hydrazone groups is 1. The van der Waals surface area contributed by atoms with Gasteiger partial charge >= 0.3 is 0 Å².